The largest absolute Gasteiger partial charge is 0.542 e. The number of aryl methyl sites for hydroxylation is 1. The third-order valence-corrected chi connectivity index (χ3v) is 3.65. The molecule has 0 heterocycles. The fourth-order valence-electron chi connectivity index (χ4n) is 1.99. The zero-order valence-electron chi connectivity index (χ0n) is 14.5. The summed E-state index contributed by atoms with van der Waals surface area (Å²) in [5.74, 6) is 1.49. The van der Waals surface area contributed by atoms with Crippen LogP contribution in [0, 0.1) is 0 Å². The van der Waals surface area contributed by atoms with Gasteiger partial charge < -0.3 is 14.8 Å². The molecule has 1 rings (SSSR count). The van der Waals surface area contributed by atoms with Gasteiger partial charge in [0, 0.05) is 37.0 Å². The molecule has 1 aromatic rings. The summed E-state index contributed by atoms with van der Waals surface area (Å²) in [6.45, 7) is 1.58. The van der Waals surface area contributed by atoms with Crippen molar-refractivity contribution in [1.82, 2.24) is 5.43 Å². The van der Waals surface area contributed by atoms with Gasteiger partial charge in [0.25, 0.3) is 5.91 Å². The van der Waals surface area contributed by atoms with Crippen LogP contribution < -0.4 is 21.3 Å². The smallest absolute Gasteiger partial charge is 0.430 e. The molecule has 1 amide bonds. The minimum atomic E-state index is -5.19. The van der Waals surface area contributed by atoms with Crippen LogP contribution in [0.25, 0.3) is 0 Å². The average Bonchev–Trinajstić information content (AvgIpc) is 2.61. The van der Waals surface area contributed by atoms with Crippen molar-refractivity contribution in [1.29, 1.82) is 0 Å². The molecule has 27 heavy (non-hydrogen) atoms. The lowest BCUT2D eigenvalue weighted by atomic mass is 10.1. The molecular formula is C16H22Cl2F3N3O3. The van der Waals surface area contributed by atoms with E-state index >= 15 is 0 Å². The lowest BCUT2D eigenvalue weighted by Crippen LogP contribution is -2.67. The minimum Gasteiger partial charge on any atom is -0.542 e. The van der Waals surface area contributed by atoms with Gasteiger partial charge in [0.15, 0.2) is 0 Å². The summed E-state index contributed by atoms with van der Waals surface area (Å²) in [5, 5.41) is 8.78. The van der Waals surface area contributed by atoms with E-state index in [0.29, 0.717) is 18.2 Å². The molecule has 0 saturated heterocycles. The number of anilines is 1. The number of alkyl halides is 5. The highest BCUT2D eigenvalue weighted by molar-refractivity contribution is 6.18. The second kappa shape index (κ2) is 13.5. The third-order valence-electron chi connectivity index (χ3n) is 3.31. The van der Waals surface area contributed by atoms with Crippen molar-refractivity contribution in [2.45, 2.75) is 25.4 Å². The molecule has 1 aromatic carbocycles. The second-order valence-electron chi connectivity index (χ2n) is 5.27. The number of aliphatic carboxylic acids is 1. The number of rotatable bonds is 9. The van der Waals surface area contributed by atoms with Gasteiger partial charge in [-0.15, -0.1) is 23.2 Å². The fourth-order valence-corrected chi connectivity index (χ4v) is 2.40. The van der Waals surface area contributed by atoms with Crippen LogP contribution in [0.4, 0.5) is 18.9 Å². The molecule has 0 atom stereocenters. The number of amides is 1. The van der Waals surface area contributed by atoms with Crippen LogP contribution in [-0.4, -0.2) is 42.9 Å². The van der Waals surface area contributed by atoms with Gasteiger partial charge in [-0.3, -0.25) is 10.6 Å². The zero-order valence-corrected chi connectivity index (χ0v) is 16.0. The predicted molar refractivity (Wildman–Crippen MR) is 95.1 cm³/mol. The summed E-state index contributed by atoms with van der Waals surface area (Å²) in [7, 11) is 0. The Morgan fingerprint density at radius 1 is 1.11 bits per heavy atom. The number of benzene rings is 1. The number of quaternary nitrogens is 1. The maximum Gasteiger partial charge on any atom is 0.430 e. The van der Waals surface area contributed by atoms with E-state index < -0.39 is 12.1 Å². The number of hydrogen-bond donors (Lipinski definition) is 2. The van der Waals surface area contributed by atoms with Crippen molar-refractivity contribution in [3.05, 3.63) is 29.8 Å². The second-order valence-corrected chi connectivity index (χ2v) is 6.03. The van der Waals surface area contributed by atoms with Crippen LogP contribution in [0.5, 0.6) is 0 Å². The number of nitrogens with zero attached hydrogens (tertiary/aromatic N) is 1. The Bertz CT molecular complexity index is 566. The predicted octanol–water partition coefficient (Wildman–Crippen LogP) is 0.865. The van der Waals surface area contributed by atoms with Crippen LogP contribution in [0.15, 0.2) is 24.3 Å². The van der Waals surface area contributed by atoms with Gasteiger partial charge in [-0.05, 0) is 30.5 Å². The Labute approximate surface area is 165 Å². The summed E-state index contributed by atoms with van der Waals surface area (Å²) >= 11 is 11.6. The van der Waals surface area contributed by atoms with E-state index in [-0.39, 0.29) is 5.91 Å². The highest BCUT2D eigenvalue weighted by atomic mass is 35.5. The lowest BCUT2D eigenvalue weighted by Gasteiger charge is -2.23. The molecule has 0 bridgehead atoms. The van der Waals surface area contributed by atoms with Crippen molar-refractivity contribution in [3.8, 4) is 0 Å². The maximum absolute atomic E-state index is 11.1. The Morgan fingerprint density at radius 3 is 1.96 bits per heavy atom. The fraction of sp³-hybridized carbons (Fsp3) is 0.500. The Hall–Kier alpha value is -1.71. The topological polar surface area (TPSA) is 100 Å². The Kier molecular flexibility index (Phi) is 12.6. The van der Waals surface area contributed by atoms with Gasteiger partial charge >= 0.3 is 6.18 Å². The summed E-state index contributed by atoms with van der Waals surface area (Å²) in [6, 6.07) is 8.34. The van der Waals surface area contributed by atoms with E-state index in [0.717, 1.165) is 31.6 Å². The number of carboxylic acid groups (broad SMARTS) is 1. The number of carbonyl (C=O) groups excluding carboxylic acids is 2. The number of carboxylic acids is 1. The summed E-state index contributed by atoms with van der Waals surface area (Å²) in [6.07, 6.45) is -2.97. The van der Waals surface area contributed by atoms with E-state index in [1.807, 2.05) is 0 Å². The molecule has 0 fully saturated rings. The summed E-state index contributed by atoms with van der Waals surface area (Å²) in [5.41, 5.74) is 4.74. The monoisotopic (exact) mass is 431 g/mol. The van der Waals surface area contributed by atoms with Crippen molar-refractivity contribution < 1.29 is 33.7 Å². The normalized spacial score (nSPS) is 10.6. The van der Waals surface area contributed by atoms with Crippen LogP contribution >= 0.6 is 23.2 Å². The number of nitrogens with one attached hydrogen (secondary N) is 1. The van der Waals surface area contributed by atoms with Crippen LogP contribution in [0.2, 0.25) is 0 Å². The van der Waals surface area contributed by atoms with Crippen molar-refractivity contribution in [2.75, 3.05) is 29.7 Å². The molecule has 0 aromatic heterocycles. The van der Waals surface area contributed by atoms with Gasteiger partial charge in [0.2, 0.25) is 0 Å². The molecule has 0 aliphatic carbocycles. The Balaban J connectivity index is 0.000000821. The van der Waals surface area contributed by atoms with Gasteiger partial charge in [-0.25, -0.2) is 5.43 Å². The maximum atomic E-state index is 11.1. The molecule has 0 spiro atoms. The van der Waals surface area contributed by atoms with Crippen molar-refractivity contribution in [2.24, 2.45) is 0 Å². The lowest BCUT2D eigenvalue weighted by molar-refractivity contribution is -0.427. The molecule has 6 nitrogen and oxygen atoms in total. The van der Waals surface area contributed by atoms with Gasteiger partial charge in [-0.2, -0.15) is 13.2 Å². The molecule has 4 N–H and O–H groups in total. The van der Waals surface area contributed by atoms with E-state index in [2.05, 4.69) is 40.4 Å². The number of hydrogen-bond acceptors (Lipinski definition) is 4. The Morgan fingerprint density at radius 2 is 1.59 bits per heavy atom. The van der Waals surface area contributed by atoms with E-state index in [4.69, 9.17) is 33.1 Å². The number of carbonyl (C=O) groups is 2. The first kappa shape index (κ1) is 25.3. The first-order valence-electron chi connectivity index (χ1n) is 7.95. The standard InChI is InChI=1S/C14H21Cl2N3O.C2HF3O2/c15-8-10-19(11-9-16)13-6-4-12(5-7-13)2-1-3-14(20)18-17;3-2(4,5)1(6)7/h4-7H,1-3,8-11,17H2,(H,18,20);(H,6,7). The molecule has 0 saturated carbocycles. The average molecular weight is 432 g/mol. The third kappa shape index (κ3) is 11.6. The van der Waals surface area contributed by atoms with Crippen molar-refractivity contribution in [3.63, 3.8) is 0 Å². The highest BCUT2D eigenvalue weighted by Crippen LogP contribution is 2.17. The first-order chi connectivity index (χ1) is 12.6. The summed E-state index contributed by atoms with van der Waals surface area (Å²) in [4.78, 5) is 22.0. The molecule has 0 aliphatic heterocycles. The molecule has 0 radical (unpaired) electrons. The van der Waals surface area contributed by atoms with Gasteiger partial charge in [0.05, 0.1) is 0 Å². The van der Waals surface area contributed by atoms with Gasteiger partial charge in [0.1, 0.15) is 5.97 Å². The van der Waals surface area contributed by atoms with E-state index in [1.165, 1.54) is 5.56 Å². The molecule has 0 unspecified atom stereocenters. The first-order valence-corrected chi connectivity index (χ1v) is 9.02. The highest BCUT2D eigenvalue weighted by Gasteiger charge is 2.28. The van der Waals surface area contributed by atoms with E-state index in [9.17, 15) is 18.0 Å². The number of halogens is 5. The minimum absolute atomic E-state index is 0.0166. The SMILES string of the molecule is O=C([O-])C(F)(F)F.[NH3+]NC(=O)CCCc1ccc(N(CCCl)CCCl)cc1. The molecule has 11 heteroatoms. The van der Waals surface area contributed by atoms with E-state index in [1.54, 1.807) is 0 Å². The van der Waals surface area contributed by atoms with Crippen LogP contribution in [0.3, 0.4) is 0 Å². The van der Waals surface area contributed by atoms with Gasteiger partial charge in [-0.1, -0.05) is 12.1 Å². The molecule has 154 valence electrons. The molecular weight excluding hydrogens is 410 g/mol. The summed E-state index contributed by atoms with van der Waals surface area (Å²) < 4.78 is 31.5. The van der Waals surface area contributed by atoms with Crippen LogP contribution in [0.1, 0.15) is 18.4 Å². The van der Waals surface area contributed by atoms with Crippen LogP contribution in [-0.2, 0) is 16.0 Å². The van der Waals surface area contributed by atoms with Crippen molar-refractivity contribution >= 4 is 40.8 Å². The quantitative estimate of drug-likeness (QED) is 0.447. The zero-order chi connectivity index (χ0) is 20.9. The molecule has 0 aliphatic rings.